The second-order valence-electron chi connectivity index (χ2n) is 5.87. The Labute approximate surface area is 136 Å². The summed E-state index contributed by atoms with van der Waals surface area (Å²) in [4.78, 5) is 11.5. The van der Waals surface area contributed by atoms with E-state index in [0.717, 1.165) is 30.5 Å². The third kappa shape index (κ3) is 3.90. The molecule has 23 heavy (non-hydrogen) atoms. The van der Waals surface area contributed by atoms with Gasteiger partial charge in [0, 0.05) is 12.5 Å². The summed E-state index contributed by atoms with van der Waals surface area (Å²) in [5.41, 5.74) is 2.22. The summed E-state index contributed by atoms with van der Waals surface area (Å²) in [7, 11) is 0. The fourth-order valence-corrected chi connectivity index (χ4v) is 2.99. The number of carboxylic acids is 1. The van der Waals surface area contributed by atoms with Crippen molar-refractivity contribution >= 4 is 5.97 Å². The van der Waals surface area contributed by atoms with Gasteiger partial charge in [0.25, 0.3) is 0 Å². The van der Waals surface area contributed by atoms with Gasteiger partial charge in [0.2, 0.25) is 0 Å². The molecule has 0 radical (unpaired) electrons. The number of carbonyl (C=O) groups is 1. The molecule has 0 saturated carbocycles. The fraction of sp³-hybridized carbons (Fsp3) is 0.316. The molecule has 0 spiro atoms. The molecule has 2 aromatic carbocycles. The van der Waals surface area contributed by atoms with Gasteiger partial charge in [0.15, 0.2) is 6.10 Å². The molecular formula is C19H21NO3. The van der Waals surface area contributed by atoms with E-state index in [1.54, 1.807) is 0 Å². The average molecular weight is 311 g/mol. The van der Waals surface area contributed by atoms with Crippen LogP contribution in [0.1, 0.15) is 12.8 Å². The highest BCUT2D eigenvalue weighted by Gasteiger charge is 2.31. The minimum Gasteiger partial charge on any atom is -0.478 e. The number of hydrogen-bond acceptors (Lipinski definition) is 3. The molecular weight excluding hydrogens is 290 g/mol. The first-order valence-electron chi connectivity index (χ1n) is 8.00. The molecule has 2 N–H and O–H groups in total. The smallest absolute Gasteiger partial charge is 0.345 e. The van der Waals surface area contributed by atoms with Crippen LogP contribution in [0.3, 0.4) is 0 Å². The van der Waals surface area contributed by atoms with E-state index in [0.29, 0.717) is 12.3 Å². The third-order valence-electron chi connectivity index (χ3n) is 4.23. The Balaban J connectivity index is 1.72. The highest BCUT2D eigenvalue weighted by molar-refractivity contribution is 5.73. The summed E-state index contributed by atoms with van der Waals surface area (Å²) >= 11 is 0. The van der Waals surface area contributed by atoms with Crippen molar-refractivity contribution in [3.63, 3.8) is 0 Å². The Bertz CT molecular complexity index is 633. The number of piperidine rings is 1. The molecule has 1 unspecified atom stereocenters. The van der Waals surface area contributed by atoms with Crippen LogP contribution >= 0.6 is 0 Å². The lowest BCUT2D eigenvalue weighted by Gasteiger charge is -2.28. The number of nitrogens with one attached hydrogen (secondary N) is 1. The van der Waals surface area contributed by atoms with Gasteiger partial charge in [-0.25, -0.2) is 4.79 Å². The van der Waals surface area contributed by atoms with E-state index in [2.05, 4.69) is 5.32 Å². The van der Waals surface area contributed by atoms with Crippen LogP contribution in [0, 0.1) is 5.92 Å². The predicted molar refractivity (Wildman–Crippen MR) is 89.5 cm³/mol. The zero-order valence-corrected chi connectivity index (χ0v) is 12.9. The zero-order valence-electron chi connectivity index (χ0n) is 12.9. The van der Waals surface area contributed by atoms with Crippen molar-refractivity contribution < 1.29 is 14.6 Å². The molecule has 3 rings (SSSR count). The molecule has 0 aromatic heterocycles. The van der Waals surface area contributed by atoms with Gasteiger partial charge in [0.05, 0.1) is 0 Å². The number of ether oxygens (including phenoxy) is 1. The van der Waals surface area contributed by atoms with E-state index < -0.39 is 12.1 Å². The van der Waals surface area contributed by atoms with E-state index in [1.807, 2.05) is 54.6 Å². The normalized spacial score (nSPS) is 19.0. The average Bonchev–Trinajstić information content (AvgIpc) is 2.61. The number of rotatable bonds is 5. The van der Waals surface area contributed by atoms with Gasteiger partial charge < -0.3 is 15.2 Å². The van der Waals surface area contributed by atoms with Crippen LogP contribution in [-0.4, -0.2) is 30.3 Å². The summed E-state index contributed by atoms with van der Waals surface area (Å²) in [6.07, 6.45) is 1.07. The third-order valence-corrected chi connectivity index (χ3v) is 4.23. The van der Waals surface area contributed by atoms with Crippen LogP contribution in [0.2, 0.25) is 0 Å². The molecule has 0 aliphatic carbocycles. The monoisotopic (exact) mass is 311 g/mol. The Morgan fingerprint density at radius 1 is 1.09 bits per heavy atom. The van der Waals surface area contributed by atoms with Crippen molar-refractivity contribution in [3.8, 4) is 16.9 Å². The molecule has 120 valence electrons. The van der Waals surface area contributed by atoms with Gasteiger partial charge >= 0.3 is 5.97 Å². The van der Waals surface area contributed by atoms with E-state index in [9.17, 15) is 9.90 Å². The SMILES string of the molecule is O=C(O)C(Oc1ccc(-c2ccccc2)cc1)[C@@H]1CCCNC1. The standard InChI is InChI=1S/C19H21NO3/c21-19(22)18(16-7-4-12-20-13-16)23-17-10-8-15(9-11-17)14-5-2-1-3-6-14/h1-3,5-6,8-11,16,18,20H,4,7,12-13H2,(H,21,22)/t16-,18?/m1/s1. The van der Waals surface area contributed by atoms with Crippen molar-refractivity contribution in [2.24, 2.45) is 5.92 Å². The molecule has 1 heterocycles. The van der Waals surface area contributed by atoms with Crippen LogP contribution in [0.4, 0.5) is 0 Å². The van der Waals surface area contributed by atoms with Gasteiger partial charge in [-0.1, -0.05) is 42.5 Å². The minimum atomic E-state index is -0.897. The van der Waals surface area contributed by atoms with Crippen LogP contribution in [0.25, 0.3) is 11.1 Å². The molecule has 2 atom stereocenters. The molecule has 0 bridgehead atoms. The summed E-state index contributed by atoms with van der Waals surface area (Å²) in [6.45, 7) is 1.65. The number of benzene rings is 2. The maximum atomic E-state index is 11.5. The van der Waals surface area contributed by atoms with E-state index in [-0.39, 0.29) is 5.92 Å². The first kappa shape index (κ1) is 15.6. The first-order chi connectivity index (χ1) is 11.2. The molecule has 1 aliphatic rings. The summed E-state index contributed by atoms with van der Waals surface area (Å²) in [5.74, 6) is -0.288. The summed E-state index contributed by atoms with van der Waals surface area (Å²) in [5, 5.41) is 12.7. The van der Waals surface area contributed by atoms with Crippen LogP contribution in [0.15, 0.2) is 54.6 Å². The van der Waals surface area contributed by atoms with E-state index in [4.69, 9.17) is 4.74 Å². The lowest BCUT2D eigenvalue weighted by atomic mass is 9.93. The van der Waals surface area contributed by atoms with Gasteiger partial charge in [-0.15, -0.1) is 0 Å². The second kappa shape index (κ2) is 7.29. The summed E-state index contributed by atoms with van der Waals surface area (Å²) in [6, 6.07) is 17.7. The van der Waals surface area contributed by atoms with Crippen molar-refractivity contribution in [2.75, 3.05) is 13.1 Å². The Hall–Kier alpha value is -2.33. The van der Waals surface area contributed by atoms with E-state index >= 15 is 0 Å². The topological polar surface area (TPSA) is 58.6 Å². The maximum Gasteiger partial charge on any atom is 0.345 e. The Kier molecular flexibility index (Phi) is 4.93. The highest BCUT2D eigenvalue weighted by atomic mass is 16.5. The maximum absolute atomic E-state index is 11.5. The lowest BCUT2D eigenvalue weighted by Crippen LogP contribution is -2.43. The van der Waals surface area contributed by atoms with Gasteiger partial charge in [-0.2, -0.15) is 0 Å². The van der Waals surface area contributed by atoms with Crippen LogP contribution < -0.4 is 10.1 Å². The van der Waals surface area contributed by atoms with Crippen molar-refractivity contribution in [1.82, 2.24) is 5.32 Å². The molecule has 1 aliphatic heterocycles. The quantitative estimate of drug-likeness (QED) is 0.890. The molecule has 0 amide bonds. The molecule has 4 nitrogen and oxygen atoms in total. The lowest BCUT2D eigenvalue weighted by molar-refractivity contribution is -0.148. The van der Waals surface area contributed by atoms with Crippen molar-refractivity contribution in [2.45, 2.75) is 18.9 Å². The second-order valence-corrected chi connectivity index (χ2v) is 5.87. The first-order valence-corrected chi connectivity index (χ1v) is 8.00. The summed E-state index contributed by atoms with van der Waals surface area (Å²) < 4.78 is 5.77. The van der Waals surface area contributed by atoms with Gasteiger partial charge in [0.1, 0.15) is 5.75 Å². The Morgan fingerprint density at radius 3 is 2.39 bits per heavy atom. The highest BCUT2D eigenvalue weighted by Crippen LogP contribution is 2.25. The van der Waals surface area contributed by atoms with Crippen molar-refractivity contribution in [3.05, 3.63) is 54.6 Å². The fourth-order valence-electron chi connectivity index (χ4n) is 2.99. The molecule has 1 saturated heterocycles. The van der Waals surface area contributed by atoms with Crippen LogP contribution in [0.5, 0.6) is 5.75 Å². The van der Waals surface area contributed by atoms with Crippen LogP contribution in [-0.2, 0) is 4.79 Å². The largest absolute Gasteiger partial charge is 0.478 e. The number of carboxylic acid groups (broad SMARTS) is 1. The van der Waals surface area contributed by atoms with Gasteiger partial charge in [-0.05, 0) is 42.6 Å². The molecule has 2 aromatic rings. The molecule has 1 fully saturated rings. The zero-order chi connectivity index (χ0) is 16.1. The number of aliphatic carboxylic acids is 1. The van der Waals surface area contributed by atoms with Gasteiger partial charge in [-0.3, -0.25) is 0 Å². The Morgan fingerprint density at radius 2 is 1.78 bits per heavy atom. The van der Waals surface area contributed by atoms with E-state index in [1.165, 1.54) is 0 Å². The van der Waals surface area contributed by atoms with Crippen molar-refractivity contribution in [1.29, 1.82) is 0 Å². The molecule has 4 heteroatoms. The number of hydrogen-bond donors (Lipinski definition) is 2. The minimum absolute atomic E-state index is 0.00931. The predicted octanol–water partition coefficient (Wildman–Crippen LogP) is 3.19.